The second-order valence-corrected chi connectivity index (χ2v) is 6.44. The van der Waals surface area contributed by atoms with E-state index in [-0.39, 0.29) is 0 Å². The fraction of sp³-hybridized carbons (Fsp3) is 0.462. The number of hydrogen-bond donors (Lipinski definition) is 1. The van der Waals surface area contributed by atoms with Gasteiger partial charge in [0.25, 0.3) is 0 Å². The van der Waals surface area contributed by atoms with Gasteiger partial charge in [0.1, 0.15) is 0 Å². The molecule has 1 N–H and O–H groups in total. The van der Waals surface area contributed by atoms with E-state index in [0.29, 0.717) is 17.1 Å². The summed E-state index contributed by atoms with van der Waals surface area (Å²) in [5.41, 5.74) is 1.00. The van der Waals surface area contributed by atoms with Gasteiger partial charge in [0.15, 0.2) is 0 Å². The summed E-state index contributed by atoms with van der Waals surface area (Å²) in [6, 6.07) is 7.89. The van der Waals surface area contributed by atoms with Crippen molar-refractivity contribution in [1.82, 2.24) is 0 Å². The van der Waals surface area contributed by atoms with Crippen molar-refractivity contribution in [2.24, 2.45) is 17.0 Å². The lowest BCUT2D eigenvalue weighted by Gasteiger charge is -2.22. The molecule has 1 aromatic carbocycles. The monoisotopic (exact) mass is 267 g/mol. The summed E-state index contributed by atoms with van der Waals surface area (Å²) in [5.74, 6) is 1.21. The standard InChI is InChI=1S/C13H14ClNOS/c14-10-3-5-11(6-4-10)17-13-9-2-1-8(7-9)12(13)15-16/h3-6,8-9,13,16H,1-2,7H2/b15-12+/t8-,9+,13+/m0/s1. The molecule has 2 aliphatic carbocycles. The van der Waals surface area contributed by atoms with Gasteiger partial charge in [-0.3, -0.25) is 0 Å². The van der Waals surface area contributed by atoms with Crippen LogP contribution in [0.25, 0.3) is 0 Å². The normalized spacial score (nSPS) is 33.5. The number of hydrogen-bond acceptors (Lipinski definition) is 3. The molecule has 2 nitrogen and oxygen atoms in total. The van der Waals surface area contributed by atoms with E-state index in [1.165, 1.54) is 24.2 Å². The second kappa shape index (κ2) is 4.54. The minimum absolute atomic E-state index is 0.361. The number of benzene rings is 1. The van der Waals surface area contributed by atoms with Crippen molar-refractivity contribution in [2.75, 3.05) is 0 Å². The quantitative estimate of drug-likeness (QED) is 0.647. The Balaban J connectivity index is 1.79. The number of fused-ring (bicyclic) bond motifs is 2. The van der Waals surface area contributed by atoms with Gasteiger partial charge in [0, 0.05) is 15.8 Å². The first kappa shape index (κ1) is 11.4. The number of halogens is 1. The third kappa shape index (κ3) is 2.06. The van der Waals surface area contributed by atoms with Crippen LogP contribution in [0.5, 0.6) is 0 Å². The van der Waals surface area contributed by atoms with Crippen molar-refractivity contribution in [3.8, 4) is 0 Å². The van der Waals surface area contributed by atoms with Crippen LogP contribution in [0.4, 0.5) is 0 Å². The van der Waals surface area contributed by atoms with Crippen LogP contribution in [-0.2, 0) is 0 Å². The molecular formula is C13H14ClNOS. The van der Waals surface area contributed by atoms with Gasteiger partial charge in [0.2, 0.25) is 0 Å². The average molecular weight is 268 g/mol. The Labute approximate surface area is 110 Å². The SMILES string of the molecule is O/N=C1\[C@H]2CC[C@H](C2)[C@H]1Sc1ccc(Cl)cc1. The van der Waals surface area contributed by atoms with Crippen molar-refractivity contribution in [3.63, 3.8) is 0 Å². The van der Waals surface area contributed by atoms with Gasteiger partial charge in [-0.1, -0.05) is 16.8 Å². The van der Waals surface area contributed by atoms with E-state index in [1.54, 1.807) is 11.8 Å². The number of oxime groups is 1. The molecule has 1 aromatic rings. The molecule has 3 rings (SSSR count). The van der Waals surface area contributed by atoms with Crippen LogP contribution in [0.2, 0.25) is 5.02 Å². The molecule has 4 heteroatoms. The van der Waals surface area contributed by atoms with Gasteiger partial charge in [-0.15, -0.1) is 11.8 Å². The third-order valence-electron chi connectivity index (χ3n) is 3.80. The zero-order valence-corrected chi connectivity index (χ0v) is 10.9. The van der Waals surface area contributed by atoms with Crippen molar-refractivity contribution in [2.45, 2.75) is 29.4 Å². The molecule has 0 radical (unpaired) electrons. The highest BCUT2D eigenvalue weighted by atomic mass is 35.5. The van der Waals surface area contributed by atoms with E-state index in [1.807, 2.05) is 24.3 Å². The highest BCUT2D eigenvalue weighted by molar-refractivity contribution is 8.00. The maximum absolute atomic E-state index is 9.13. The second-order valence-electron chi connectivity index (χ2n) is 4.79. The van der Waals surface area contributed by atoms with Crippen LogP contribution < -0.4 is 0 Å². The minimum atomic E-state index is 0.361. The van der Waals surface area contributed by atoms with Crippen molar-refractivity contribution >= 4 is 29.1 Å². The molecule has 2 aliphatic rings. The fourth-order valence-electron chi connectivity index (χ4n) is 2.99. The van der Waals surface area contributed by atoms with Gasteiger partial charge >= 0.3 is 0 Å². The minimum Gasteiger partial charge on any atom is -0.411 e. The lowest BCUT2D eigenvalue weighted by Crippen LogP contribution is -2.24. The largest absolute Gasteiger partial charge is 0.411 e. The fourth-order valence-corrected chi connectivity index (χ4v) is 4.50. The molecule has 2 fully saturated rings. The molecule has 0 saturated heterocycles. The highest BCUT2D eigenvalue weighted by Gasteiger charge is 2.45. The first-order valence-electron chi connectivity index (χ1n) is 5.92. The summed E-state index contributed by atoms with van der Waals surface area (Å²) >= 11 is 7.68. The van der Waals surface area contributed by atoms with Crippen molar-refractivity contribution in [3.05, 3.63) is 29.3 Å². The average Bonchev–Trinajstić information content (AvgIpc) is 2.92. The van der Waals surface area contributed by atoms with E-state index < -0.39 is 0 Å². The molecule has 17 heavy (non-hydrogen) atoms. The summed E-state index contributed by atoms with van der Waals surface area (Å²) in [4.78, 5) is 1.20. The summed E-state index contributed by atoms with van der Waals surface area (Å²) < 4.78 is 0. The highest BCUT2D eigenvalue weighted by Crippen LogP contribution is 2.49. The molecular weight excluding hydrogens is 254 g/mol. The number of thioether (sulfide) groups is 1. The summed E-state index contributed by atoms with van der Waals surface area (Å²) in [6.45, 7) is 0. The first-order chi connectivity index (χ1) is 8.28. The Bertz CT molecular complexity index is 445. The zero-order valence-electron chi connectivity index (χ0n) is 9.34. The van der Waals surface area contributed by atoms with Gasteiger partial charge < -0.3 is 5.21 Å². The van der Waals surface area contributed by atoms with Crippen LogP contribution in [0.3, 0.4) is 0 Å². The molecule has 2 bridgehead atoms. The molecule has 2 saturated carbocycles. The van der Waals surface area contributed by atoms with Crippen LogP contribution in [-0.4, -0.2) is 16.2 Å². The van der Waals surface area contributed by atoms with E-state index >= 15 is 0 Å². The van der Waals surface area contributed by atoms with Crippen LogP contribution in [0.15, 0.2) is 34.3 Å². The lowest BCUT2D eigenvalue weighted by atomic mass is 9.98. The van der Waals surface area contributed by atoms with Gasteiger partial charge in [-0.05, 0) is 49.4 Å². The molecule has 0 heterocycles. The van der Waals surface area contributed by atoms with E-state index in [2.05, 4.69) is 5.16 Å². The smallest absolute Gasteiger partial charge is 0.0737 e. The predicted molar refractivity (Wildman–Crippen MR) is 71.1 cm³/mol. The van der Waals surface area contributed by atoms with E-state index in [0.717, 1.165) is 10.7 Å². The van der Waals surface area contributed by atoms with E-state index in [4.69, 9.17) is 16.8 Å². The number of nitrogens with zero attached hydrogens (tertiary/aromatic N) is 1. The molecule has 0 aromatic heterocycles. The lowest BCUT2D eigenvalue weighted by molar-refractivity contribution is 0.314. The summed E-state index contributed by atoms with van der Waals surface area (Å²) in [6.07, 6.45) is 3.67. The Hall–Kier alpha value is -0.670. The summed E-state index contributed by atoms with van der Waals surface area (Å²) in [5, 5.41) is 13.8. The Morgan fingerprint density at radius 1 is 1.24 bits per heavy atom. The van der Waals surface area contributed by atoms with Gasteiger partial charge in [-0.2, -0.15) is 0 Å². The predicted octanol–water partition coefficient (Wildman–Crippen LogP) is 4.06. The molecule has 90 valence electrons. The van der Waals surface area contributed by atoms with E-state index in [9.17, 15) is 0 Å². The maximum atomic E-state index is 9.13. The molecule has 0 spiro atoms. The number of rotatable bonds is 2. The molecule has 3 atom stereocenters. The maximum Gasteiger partial charge on any atom is 0.0737 e. The van der Waals surface area contributed by atoms with Crippen molar-refractivity contribution in [1.29, 1.82) is 0 Å². The topological polar surface area (TPSA) is 32.6 Å². The van der Waals surface area contributed by atoms with Crippen LogP contribution in [0.1, 0.15) is 19.3 Å². The van der Waals surface area contributed by atoms with Crippen LogP contribution in [0, 0.1) is 11.8 Å². The Morgan fingerprint density at radius 3 is 2.71 bits per heavy atom. The van der Waals surface area contributed by atoms with Gasteiger partial charge in [0.05, 0.1) is 11.0 Å². The summed E-state index contributed by atoms with van der Waals surface area (Å²) in [7, 11) is 0. The van der Waals surface area contributed by atoms with Crippen LogP contribution >= 0.6 is 23.4 Å². The Kier molecular flexibility index (Phi) is 3.05. The van der Waals surface area contributed by atoms with Gasteiger partial charge in [-0.25, -0.2) is 0 Å². The zero-order chi connectivity index (χ0) is 11.8. The molecule has 0 aliphatic heterocycles. The Morgan fingerprint density at radius 2 is 2.00 bits per heavy atom. The van der Waals surface area contributed by atoms with Crippen molar-refractivity contribution < 1.29 is 5.21 Å². The first-order valence-corrected chi connectivity index (χ1v) is 7.18. The molecule has 0 amide bonds. The third-order valence-corrected chi connectivity index (χ3v) is 5.48. The molecule has 0 unspecified atom stereocenters.